The van der Waals surface area contributed by atoms with E-state index in [1.165, 1.54) is 12.7 Å². The van der Waals surface area contributed by atoms with Crippen LogP contribution in [0.25, 0.3) is 0 Å². The number of ether oxygens (including phenoxy) is 2. The Balaban J connectivity index is 2.05. The molecule has 0 aliphatic rings. The molecular formula is C17H20O4. The van der Waals surface area contributed by atoms with Gasteiger partial charge in [-0.2, -0.15) is 0 Å². The maximum Gasteiger partial charge on any atom is 0.373 e. The third-order valence-electron chi connectivity index (χ3n) is 3.27. The van der Waals surface area contributed by atoms with Crippen molar-refractivity contribution in [1.29, 1.82) is 0 Å². The number of carbonyl (C=O) groups excluding carboxylic acids is 1. The molecule has 0 aliphatic heterocycles. The lowest BCUT2D eigenvalue weighted by Crippen LogP contribution is -2.03. The number of benzene rings is 1. The highest BCUT2D eigenvalue weighted by Crippen LogP contribution is 2.25. The highest BCUT2D eigenvalue weighted by Gasteiger charge is 2.16. The molecule has 2 aromatic rings. The Morgan fingerprint density at radius 3 is 2.29 bits per heavy atom. The van der Waals surface area contributed by atoms with Crippen molar-refractivity contribution in [3.05, 3.63) is 53.5 Å². The van der Waals surface area contributed by atoms with Crippen molar-refractivity contribution in [2.24, 2.45) is 0 Å². The molecule has 0 saturated carbocycles. The van der Waals surface area contributed by atoms with E-state index in [-0.39, 0.29) is 11.9 Å². The largest absolute Gasteiger partial charge is 0.483 e. The minimum atomic E-state index is -0.491. The van der Waals surface area contributed by atoms with E-state index in [4.69, 9.17) is 9.15 Å². The second-order valence-corrected chi connectivity index (χ2v) is 5.18. The number of carbonyl (C=O) groups is 1. The van der Waals surface area contributed by atoms with E-state index in [1.807, 2.05) is 19.1 Å². The summed E-state index contributed by atoms with van der Waals surface area (Å²) in [6.45, 7) is 6.17. The fourth-order valence-corrected chi connectivity index (χ4v) is 1.98. The lowest BCUT2D eigenvalue weighted by molar-refractivity contribution is 0.0558. The topological polar surface area (TPSA) is 48.7 Å². The molecular weight excluding hydrogens is 268 g/mol. The van der Waals surface area contributed by atoms with Crippen LogP contribution in [0, 0.1) is 0 Å². The van der Waals surface area contributed by atoms with Crippen LogP contribution >= 0.6 is 0 Å². The molecule has 1 atom stereocenters. The van der Waals surface area contributed by atoms with E-state index in [9.17, 15) is 4.79 Å². The molecule has 0 aliphatic carbocycles. The van der Waals surface area contributed by atoms with Crippen molar-refractivity contribution < 1.29 is 18.7 Å². The number of hydrogen-bond acceptors (Lipinski definition) is 4. The average molecular weight is 288 g/mol. The molecule has 0 fully saturated rings. The van der Waals surface area contributed by atoms with Crippen LogP contribution in [0.1, 0.15) is 54.7 Å². The van der Waals surface area contributed by atoms with Crippen LogP contribution in [0.5, 0.6) is 5.75 Å². The van der Waals surface area contributed by atoms with Crippen molar-refractivity contribution in [3.8, 4) is 5.75 Å². The molecule has 2 rings (SSSR count). The van der Waals surface area contributed by atoms with E-state index in [1.54, 1.807) is 12.1 Å². The van der Waals surface area contributed by atoms with Crippen LogP contribution in [0.2, 0.25) is 0 Å². The summed E-state index contributed by atoms with van der Waals surface area (Å²) in [5.41, 5.74) is 1.26. The predicted molar refractivity (Wildman–Crippen MR) is 79.6 cm³/mol. The molecule has 0 saturated heterocycles. The van der Waals surface area contributed by atoms with Gasteiger partial charge in [-0.25, -0.2) is 4.79 Å². The third-order valence-corrected chi connectivity index (χ3v) is 3.27. The highest BCUT2D eigenvalue weighted by atomic mass is 16.5. The zero-order valence-corrected chi connectivity index (χ0v) is 12.8. The molecule has 0 N–H and O–H groups in total. The van der Waals surface area contributed by atoms with Gasteiger partial charge in [0.1, 0.15) is 11.5 Å². The Bertz CT molecular complexity index is 596. The van der Waals surface area contributed by atoms with Gasteiger partial charge in [0.15, 0.2) is 6.10 Å². The number of rotatable bonds is 5. The Hall–Kier alpha value is -2.23. The minimum Gasteiger partial charge on any atom is -0.483 e. The summed E-state index contributed by atoms with van der Waals surface area (Å²) in [7, 11) is 1.32. The first-order valence-corrected chi connectivity index (χ1v) is 6.96. The average Bonchev–Trinajstić information content (AvgIpc) is 2.97. The fraction of sp³-hybridized carbons (Fsp3) is 0.353. The molecule has 1 heterocycles. The molecule has 0 amide bonds. The summed E-state index contributed by atoms with van der Waals surface area (Å²) in [6, 6.07) is 11.3. The summed E-state index contributed by atoms with van der Waals surface area (Å²) in [6.07, 6.45) is -0.284. The third kappa shape index (κ3) is 3.66. The van der Waals surface area contributed by atoms with Gasteiger partial charge in [-0.15, -0.1) is 0 Å². The first-order chi connectivity index (χ1) is 10.0. The standard InChI is InChI=1S/C17H20O4/c1-11(2)13-5-7-14(8-6-13)20-12(3)15-9-10-16(21-15)17(18)19-4/h5-12H,1-4H3. The molecule has 0 spiro atoms. The van der Waals surface area contributed by atoms with Crippen LogP contribution in [-0.4, -0.2) is 13.1 Å². The Morgan fingerprint density at radius 1 is 1.05 bits per heavy atom. The number of hydrogen-bond donors (Lipinski definition) is 0. The molecule has 1 unspecified atom stereocenters. The number of furan rings is 1. The van der Waals surface area contributed by atoms with Crippen LogP contribution in [0.3, 0.4) is 0 Å². The number of esters is 1. The van der Waals surface area contributed by atoms with E-state index in [0.29, 0.717) is 11.7 Å². The summed E-state index contributed by atoms with van der Waals surface area (Å²) in [5.74, 6) is 1.53. The predicted octanol–water partition coefficient (Wildman–Crippen LogP) is 4.33. The Morgan fingerprint density at radius 2 is 1.71 bits per heavy atom. The first-order valence-electron chi connectivity index (χ1n) is 6.96. The lowest BCUT2D eigenvalue weighted by Gasteiger charge is -2.13. The molecule has 4 heteroatoms. The second-order valence-electron chi connectivity index (χ2n) is 5.18. The molecule has 21 heavy (non-hydrogen) atoms. The van der Waals surface area contributed by atoms with Crippen LogP contribution in [0.15, 0.2) is 40.8 Å². The van der Waals surface area contributed by atoms with Gasteiger partial charge in [-0.1, -0.05) is 26.0 Å². The van der Waals surface area contributed by atoms with Gasteiger partial charge in [0.05, 0.1) is 7.11 Å². The van der Waals surface area contributed by atoms with Crippen LogP contribution < -0.4 is 4.74 Å². The van der Waals surface area contributed by atoms with Gasteiger partial charge in [-0.3, -0.25) is 0 Å². The SMILES string of the molecule is COC(=O)c1ccc(C(C)Oc2ccc(C(C)C)cc2)o1. The van der Waals surface area contributed by atoms with Gasteiger partial charge in [0.2, 0.25) is 5.76 Å². The summed E-state index contributed by atoms with van der Waals surface area (Å²) >= 11 is 0. The summed E-state index contributed by atoms with van der Waals surface area (Å²) in [4.78, 5) is 11.4. The Kier molecular flexibility index (Phi) is 4.68. The van der Waals surface area contributed by atoms with Gasteiger partial charge >= 0.3 is 5.97 Å². The first kappa shape index (κ1) is 15.2. The fourth-order valence-electron chi connectivity index (χ4n) is 1.98. The van der Waals surface area contributed by atoms with Gasteiger partial charge in [-0.05, 0) is 42.7 Å². The zero-order valence-electron chi connectivity index (χ0n) is 12.8. The monoisotopic (exact) mass is 288 g/mol. The second kappa shape index (κ2) is 6.48. The lowest BCUT2D eigenvalue weighted by atomic mass is 10.0. The van der Waals surface area contributed by atoms with E-state index in [0.717, 1.165) is 5.75 Å². The van der Waals surface area contributed by atoms with Gasteiger partial charge < -0.3 is 13.9 Å². The van der Waals surface area contributed by atoms with E-state index >= 15 is 0 Å². The smallest absolute Gasteiger partial charge is 0.373 e. The Labute approximate surface area is 124 Å². The van der Waals surface area contributed by atoms with E-state index in [2.05, 4.69) is 30.7 Å². The highest BCUT2D eigenvalue weighted by molar-refractivity contribution is 5.86. The molecule has 112 valence electrons. The van der Waals surface area contributed by atoms with Crippen molar-refractivity contribution in [1.82, 2.24) is 0 Å². The summed E-state index contributed by atoms with van der Waals surface area (Å²) in [5, 5.41) is 0. The van der Waals surface area contributed by atoms with Crippen LogP contribution in [-0.2, 0) is 4.74 Å². The zero-order chi connectivity index (χ0) is 15.4. The molecule has 4 nitrogen and oxygen atoms in total. The van der Waals surface area contributed by atoms with Crippen molar-refractivity contribution >= 4 is 5.97 Å². The molecule has 1 aromatic carbocycles. The van der Waals surface area contributed by atoms with Crippen LogP contribution in [0.4, 0.5) is 0 Å². The minimum absolute atomic E-state index is 0.179. The normalized spacial score (nSPS) is 12.2. The molecule has 1 aromatic heterocycles. The van der Waals surface area contributed by atoms with Crippen molar-refractivity contribution in [2.45, 2.75) is 32.8 Å². The van der Waals surface area contributed by atoms with Crippen molar-refractivity contribution in [2.75, 3.05) is 7.11 Å². The van der Waals surface area contributed by atoms with E-state index < -0.39 is 5.97 Å². The molecule has 0 bridgehead atoms. The maximum absolute atomic E-state index is 11.4. The van der Waals surface area contributed by atoms with Gasteiger partial charge in [0.25, 0.3) is 0 Å². The summed E-state index contributed by atoms with van der Waals surface area (Å²) < 4.78 is 15.9. The quantitative estimate of drug-likeness (QED) is 0.768. The maximum atomic E-state index is 11.4. The molecule has 0 radical (unpaired) electrons. The van der Waals surface area contributed by atoms with Crippen molar-refractivity contribution in [3.63, 3.8) is 0 Å². The van der Waals surface area contributed by atoms with Gasteiger partial charge in [0, 0.05) is 0 Å². The number of methoxy groups -OCH3 is 1.